The normalized spacial score (nSPS) is 11.5. The minimum atomic E-state index is -0.185. The number of ether oxygens (including phenoxy) is 1. The first kappa shape index (κ1) is 19.4. The van der Waals surface area contributed by atoms with E-state index in [1.165, 1.54) is 0 Å². The van der Waals surface area contributed by atoms with Gasteiger partial charge in [-0.15, -0.1) is 0 Å². The highest BCUT2D eigenvalue weighted by Gasteiger charge is 2.10. The summed E-state index contributed by atoms with van der Waals surface area (Å²) in [5, 5.41) is 5.66. The standard InChI is InChI=1S/C20H25N3O3/c1-3-4-7-19(24)23-17-10-8-16(9-11-17)20(25)22-13-15(2)26-18-6-5-12-21-14-18/h5-6,8-12,14-15H,3-4,7,13H2,1-2H3,(H,22,25)(H,23,24)/t15-/m0/s1. The number of hydrogen-bond acceptors (Lipinski definition) is 4. The van der Waals surface area contributed by atoms with Gasteiger partial charge in [0.1, 0.15) is 11.9 Å². The Bertz CT molecular complexity index is 702. The van der Waals surface area contributed by atoms with Crippen molar-refractivity contribution in [2.45, 2.75) is 39.2 Å². The summed E-state index contributed by atoms with van der Waals surface area (Å²) in [6, 6.07) is 10.5. The van der Waals surface area contributed by atoms with Crippen LogP contribution >= 0.6 is 0 Å². The minimum Gasteiger partial charge on any atom is -0.487 e. The van der Waals surface area contributed by atoms with Crippen molar-refractivity contribution in [1.82, 2.24) is 10.3 Å². The molecule has 0 unspecified atom stereocenters. The second kappa shape index (κ2) is 10.2. The lowest BCUT2D eigenvalue weighted by molar-refractivity contribution is -0.116. The van der Waals surface area contributed by atoms with E-state index in [4.69, 9.17) is 4.74 Å². The van der Waals surface area contributed by atoms with E-state index >= 15 is 0 Å². The molecule has 0 bridgehead atoms. The molecule has 26 heavy (non-hydrogen) atoms. The summed E-state index contributed by atoms with van der Waals surface area (Å²) < 4.78 is 5.67. The van der Waals surface area contributed by atoms with Crippen LogP contribution in [-0.2, 0) is 4.79 Å². The van der Waals surface area contributed by atoms with Crippen LogP contribution in [0.1, 0.15) is 43.5 Å². The van der Waals surface area contributed by atoms with Crippen molar-refractivity contribution >= 4 is 17.5 Å². The van der Waals surface area contributed by atoms with Gasteiger partial charge in [0.15, 0.2) is 0 Å². The summed E-state index contributed by atoms with van der Waals surface area (Å²) in [6.45, 7) is 4.30. The number of nitrogens with one attached hydrogen (secondary N) is 2. The molecule has 0 spiro atoms. The Kier molecular flexibility index (Phi) is 7.61. The molecule has 6 heteroatoms. The van der Waals surface area contributed by atoms with Crippen LogP contribution in [0, 0.1) is 0 Å². The van der Waals surface area contributed by atoms with Crippen LogP contribution in [0.15, 0.2) is 48.8 Å². The quantitative estimate of drug-likeness (QED) is 0.722. The van der Waals surface area contributed by atoms with E-state index in [1.54, 1.807) is 42.7 Å². The molecule has 0 aliphatic carbocycles. The summed E-state index contributed by atoms with van der Waals surface area (Å²) in [6.07, 6.45) is 5.48. The first-order chi connectivity index (χ1) is 12.6. The van der Waals surface area contributed by atoms with Gasteiger partial charge in [-0.1, -0.05) is 13.3 Å². The van der Waals surface area contributed by atoms with Crippen molar-refractivity contribution < 1.29 is 14.3 Å². The van der Waals surface area contributed by atoms with E-state index < -0.39 is 0 Å². The van der Waals surface area contributed by atoms with Crippen molar-refractivity contribution in [2.24, 2.45) is 0 Å². The first-order valence-electron chi connectivity index (χ1n) is 8.83. The summed E-state index contributed by atoms with van der Waals surface area (Å²) in [5.41, 5.74) is 1.22. The van der Waals surface area contributed by atoms with Crippen LogP contribution in [0.25, 0.3) is 0 Å². The second-order valence-electron chi connectivity index (χ2n) is 6.06. The van der Waals surface area contributed by atoms with Crippen LogP contribution in [0.3, 0.4) is 0 Å². The number of carbonyl (C=O) groups excluding carboxylic acids is 2. The molecule has 2 aromatic rings. The summed E-state index contributed by atoms with van der Waals surface area (Å²) >= 11 is 0. The molecule has 0 saturated heterocycles. The maximum absolute atomic E-state index is 12.2. The number of rotatable bonds is 9. The van der Waals surface area contributed by atoms with E-state index in [2.05, 4.69) is 15.6 Å². The number of anilines is 1. The van der Waals surface area contributed by atoms with Gasteiger partial charge in [-0.2, -0.15) is 0 Å². The van der Waals surface area contributed by atoms with Crippen molar-refractivity contribution in [2.75, 3.05) is 11.9 Å². The highest BCUT2D eigenvalue weighted by Crippen LogP contribution is 2.11. The van der Waals surface area contributed by atoms with E-state index in [-0.39, 0.29) is 17.9 Å². The van der Waals surface area contributed by atoms with Gasteiger partial charge in [-0.3, -0.25) is 14.6 Å². The lowest BCUT2D eigenvalue weighted by atomic mass is 10.2. The second-order valence-corrected chi connectivity index (χ2v) is 6.06. The molecule has 0 aliphatic heterocycles. The number of benzene rings is 1. The molecule has 1 atom stereocenters. The van der Waals surface area contributed by atoms with Gasteiger partial charge in [0.2, 0.25) is 5.91 Å². The fourth-order valence-corrected chi connectivity index (χ4v) is 2.30. The van der Waals surface area contributed by atoms with Crippen LogP contribution in [0.5, 0.6) is 5.75 Å². The topological polar surface area (TPSA) is 80.3 Å². The molecule has 0 aliphatic rings. The zero-order valence-corrected chi connectivity index (χ0v) is 15.2. The number of hydrogen-bond donors (Lipinski definition) is 2. The summed E-state index contributed by atoms with van der Waals surface area (Å²) in [5.74, 6) is 0.471. The third-order valence-corrected chi connectivity index (χ3v) is 3.71. The van der Waals surface area contributed by atoms with Crippen molar-refractivity contribution in [3.8, 4) is 5.75 Å². The van der Waals surface area contributed by atoms with Crippen LogP contribution in [0.4, 0.5) is 5.69 Å². The maximum atomic E-state index is 12.2. The van der Waals surface area contributed by atoms with Gasteiger partial charge in [-0.05, 0) is 49.7 Å². The van der Waals surface area contributed by atoms with Gasteiger partial charge in [-0.25, -0.2) is 0 Å². The van der Waals surface area contributed by atoms with Crippen LogP contribution in [-0.4, -0.2) is 29.4 Å². The average molecular weight is 355 g/mol. The fourth-order valence-electron chi connectivity index (χ4n) is 2.30. The van der Waals surface area contributed by atoms with Crippen molar-refractivity contribution in [3.63, 3.8) is 0 Å². The van der Waals surface area contributed by atoms with Crippen molar-refractivity contribution in [3.05, 3.63) is 54.4 Å². The minimum absolute atomic E-state index is 0.00886. The Balaban J connectivity index is 1.79. The van der Waals surface area contributed by atoms with Crippen LogP contribution in [0.2, 0.25) is 0 Å². The molecule has 0 fully saturated rings. The third-order valence-electron chi connectivity index (χ3n) is 3.71. The molecule has 0 radical (unpaired) electrons. The Morgan fingerprint density at radius 2 is 1.96 bits per heavy atom. The van der Waals surface area contributed by atoms with Gasteiger partial charge in [0.25, 0.3) is 5.91 Å². The highest BCUT2D eigenvalue weighted by atomic mass is 16.5. The number of carbonyl (C=O) groups is 2. The lowest BCUT2D eigenvalue weighted by Crippen LogP contribution is -2.33. The highest BCUT2D eigenvalue weighted by molar-refractivity contribution is 5.95. The molecule has 138 valence electrons. The van der Waals surface area contributed by atoms with Gasteiger partial charge in [0.05, 0.1) is 12.7 Å². The molecule has 1 aromatic heterocycles. The SMILES string of the molecule is CCCCC(=O)Nc1ccc(C(=O)NC[C@H](C)Oc2cccnc2)cc1. The van der Waals surface area contributed by atoms with Gasteiger partial charge in [0, 0.05) is 23.9 Å². The van der Waals surface area contributed by atoms with E-state index in [9.17, 15) is 9.59 Å². The fraction of sp³-hybridized carbons (Fsp3) is 0.350. The zero-order valence-electron chi connectivity index (χ0n) is 15.2. The Morgan fingerprint density at radius 3 is 2.62 bits per heavy atom. The number of nitrogens with zero attached hydrogens (tertiary/aromatic N) is 1. The van der Waals surface area contributed by atoms with E-state index in [0.717, 1.165) is 12.8 Å². The number of aromatic nitrogens is 1. The molecule has 2 rings (SSSR count). The summed E-state index contributed by atoms with van der Waals surface area (Å²) in [7, 11) is 0. The molecule has 0 saturated carbocycles. The summed E-state index contributed by atoms with van der Waals surface area (Å²) in [4.78, 5) is 27.9. The molecular weight excluding hydrogens is 330 g/mol. The van der Waals surface area contributed by atoms with Crippen molar-refractivity contribution in [1.29, 1.82) is 0 Å². The smallest absolute Gasteiger partial charge is 0.251 e. The molecule has 1 heterocycles. The van der Waals surface area contributed by atoms with Gasteiger partial charge < -0.3 is 15.4 Å². The molecular formula is C20H25N3O3. The number of unbranched alkanes of at least 4 members (excludes halogenated alkanes) is 1. The Labute approximate surface area is 154 Å². The zero-order chi connectivity index (χ0) is 18.8. The molecule has 2 amide bonds. The number of amides is 2. The molecule has 1 aromatic carbocycles. The number of pyridine rings is 1. The van der Waals surface area contributed by atoms with E-state index in [1.807, 2.05) is 19.9 Å². The molecule has 6 nitrogen and oxygen atoms in total. The maximum Gasteiger partial charge on any atom is 0.251 e. The largest absolute Gasteiger partial charge is 0.487 e. The van der Waals surface area contributed by atoms with E-state index in [0.29, 0.717) is 30.0 Å². The van der Waals surface area contributed by atoms with Crippen LogP contribution < -0.4 is 15.4 Å². The van der Waals surface area contributed by atoms with Gasteiger partial charge >= 0.3 is 0 Å². The Hall–Kier alpha value is -2.89. The third kappa shape index (κ3) is 6.55. The molecule has 2 N–H and O–H groups in total. The monoisotopic (exact) mass is 355 g/mol. The Morgan fingerprint density at radius 1 is 1.19 bits per heavy atom. The average Bonchev–Trinajstić information content (AvgIpc) is 2.66. The predicted octanol–water partition coefficient (Wildman–Crippen LogP) is 3.41. The lowest BCUT2D eigenvalue weighted by Gasteiger charge is -2.15. The first-order valence-corrected chi connectivity index (χ1v) is 8.83. The predicted molar refractivity (Wildman–Crippen MR) is 101 cm³/mol.